The van der Waals surface area contributed by atoms with Crippen LogP contribution in [0.4, 0.5) is 20.2 Å². The van der Waals surface area contributed by atoms with Gasteiger partial charge in [0.15, 0.2) is 0 Å². The van der Waals surface area contributed by atoms with Crippen LogP contribution in [0, 0.1) is 11.6 Å². The molecule has 3 aromatic rings. The van der Waals surface area contributed by atoms with Gasteiger partial charge in [-0.3, -0.25) is 9.78 Å². The minimum atomic E-state index is -0.837. The lowest BCUT2D eigenvalue weighted by atomic mass is 10.2. The molecule has 0 fully saturated rings. The summed E-state index contributed by atoms with van der Waals surface area (Å²) in [5.41, 5.74) is 1.47. The Morgan fingerprint density at radius 3 is 2.42 bits per heavy atom. The maximum absolute atomic E-state index is 13.7. The van der Waals surface area contributed by atoms with Crippen LogP contribution < -0.4 is 10.2 Å². The molecule has 0 radical (unpaired) electrons. The van der Waals surface area contributed by atoms with Crippen LogP contribution in [0.15, 0.2) is 66.9 Å². The van der Waals surface area contributed by atoms with Crippen molar-refractivity contribution in [1.82, 2.24) is 4.98 Å². The Balaban J connectivity index is 1.77. The fourth-order valence-electron chi connectivity index (χ4n) is 2.52. The second kappa shape index (κ2) is 7.74. The molecular weight excluding hydrogens is 336 g/mol. The van der Waals surface area contributed by atoms with Crippen molar-refractivity contribution < 1.29 is 13.6 Å². The monoisotopic (exact) mass is 353 g/mol. The van der Waals surface area contributed by atoms with E-state index >= 15 is 0 Å². The number of amides is 1. The van der Waals surface area contributed by atoms with Crippen molar-refractivity contribution in [3.8, 4) is 0 Å². The van der Waals surface area contributed by atoms with E-state index in [4.69, 9.17) is 0 Å². The number of nitrogens with zero attached hydrogens (tertiary/aromatic N) is 2. The van der Waals surface area contributed by atoms with Gasteiger partial charge in [0.1, 0.15) is 23.0 Å². The molecule has 1 amide bonds. The van der Waals surface area contributed by atoms with Crippen molar-refractivity contribution in [2.45, 2.75) is 6.54 Å². The number of carbonyl (C=O) groups is 1. The molecule has 132 valence electrons. The van der Waals surface area contributed by atoms with Crippen LogP contribution in [-0.4, -0.2) is 17.9 Å². The van der Waals surface area contributed by atoms with Crippen molar-refractivity contribution in [3.63, 3.8) is 0 Å². The van der Waals surface area contributed by atoms with E-state index in [0.717, 1.165) is 23.4 Å². The van der Waals surface area contributed by atoms with E-state index in [1.54, 1.807) is 12.1 Å². The summed E-state index contributed by atoms with van der Waals surface area (Å²) < 4.78 is 27.4. The Labute approximate surface area is 150 Å². The third kappa shape index (κ3) is 4.03. The van der Waals surface area contributed by atoms with Gasteiger partial charge in [0.2, 0.25) is 0 Å². The Morgan fingerprint density at radius 2 is 1.73 bits per heavy atom. The Hall–Kier alpha value is -3.28. The summed E-state index contributed by atoms with van der Waals surface area (Å²) in [6, 6.07) is 16.6. The number of para-hydroxylation sites is 1. The predicted octanol–water partition coefficient (Wildman–Crippen LogP) is 4.25. The number of halogens is 2. The zero-order valence-electron chi connectivity index (χ0n) is 14.1. The van der Waals surface area contributed by atoms with Gasteiger partial charge < -0.3 is 10.2 Å². The number of benzene rings is 2. The SMILES string of the molecule is CN(Cc1ccccc1)c1ccnc(C(=O)Nc2c(F)cccc2F)c1. The first-order valence-electron chi connectivity index (χ1n) is 8.01. The number of hydrogen-bond acceptors (Lipinski definition) is 3. The summed E-state index contributed by atoms with van der Waals surface area (Å²) in [4.78, 5) is 18.3. The molecule has 0 bridgehead atoms. The van der Waals surface area contributed by atoms with Gasteiger partial charge in [-0.05, 0) is 29.8 Å². The maximum atomic E-state index is 13.7. The first-order chi connectivity index (χ1) is 12.5. The zero-order chi connectivity index (χ0) is 18.5. The molecule has 0 atom stereocenters. The van der Waals surface area contributed by atoms with Crippen LogP contribution in [0.2, 0.25) is 0 Å². The minimum Gasteiger partial charge on any atom is -0.370 e. The van der Waals surface area contributed by atoms with E-state index in [0.29, 0.717) is 6.54 Å². The molecule has 2 aromatic carbocycles. The Morgan fingerprint density at radius 1 is 1.04 bits per heavy atom. The first-order valence-corrected chi connectivity index (χ1v) is 8.01. The average molecular weight is 353 g/mol. The van der Waals surface area contributed by atoms with Crippen LogP contribution in [0.3, 0.4) is 0 Å². The predicted molar refractivity (Wildman–Crippen MR) is 97.1 cm³/mol. The van der Waals surface area contributed by atoms with Crippen LogP contribution in [0.25, 0.3) is 0 Å². The molecule has 1 N–H and O–H groups in total. The normalized spacial score (nSPS) is 10.4. The third-order valence-electron chi connectivity index (χ3n) is 3.88. The number of pyridine rings is 1. The summed E-state index contributed by atoms with van der Waals surface area (Å²) in [5.74, 6) is -2.35. The number of anilines is 2. The first kappa shape index (κ1) is 17.5. The van der Waals surface area contributed by atoms with E-state index in [1.165, 1.54) is 12.3 Å². The van der Waals surface area contributed by atoms with Crippen LogP contribution in [0.5, 0.6) is 0 Å². The summed E-state index contributed by atoms with van der Waals surface area (Å²) in [7, 11) is 1.89. The molecule has 1 heterocycles. The van der Waals surface area contributed by atoms with Crippen molar-refractivity contribution in [2.24, 2.45) is 0 Å². The Bertz CT molecular complexity index is 896. The molecule has 4 nitrogen and oxygen atoms in total. The number of carbonyl (C=O) groups excluding carboxylic acids is 1. The molecule has 0 saturated carbocycles. The molecule has 0 saturated heterocycles. The molecule has 6 heteroatoms. The standard InChI is InChI=1S/C20H17F2N3O/c1-25(13-14-6-3-2-4-7-14)15-10-11-23-18(12-15)20(26)24-19-16(21)8-5-9-17(19)22/h2-12H,13H2,1H3,(H,24,26). The quantitative estimate of drug-likeness (QED) is 0.746. The lowest BCUT2D eigenvalue weighted by molar-refractivity contribution is 0.102. The molecule has 26 heavy (non-hydrogen) atoms. The van der Waals surface area contributed by atoms with Gasteiger partial charge >= 0.3 is 0 Å². The summed E-state index contributed by atoms with van der Waals surface area (Å²) in [6.07, 6.45) is 1.49. The van der Waals surface area contributed by atoms with Gasteiger partial charge in [0.05, 0.1) is 0 Å². The summed E-state index contributed by atoms with van der Waals surface area (Å²) in [5, 5.41) is 2.24. The molecule has 0 aliphatic heterocycles. The lowest BCUT2D eigenvalue weighted by Crippen LogP contribution is -2.19. The van der Waals surface area contributed by atoms with Gasteiger partial charge in [-0.1, -0.05) is 36.4 Å². The molecule has 0 aliphatic rings. The van der Waals surface area contributed by atoms with Crippen LogP contribution >= 0.6 is 0 Å². The molecule has 0 unspecified atom stereocenters. The lowest BCUT2D eigenvalue weighted by Gasteiger charge is -2.19. The highest BCUT2D eigenvalue weighted by molar-refractivity contribution is 6.03. The fourth-order valence-corrected chi connectivity index (χ4v) is 2.52. The third-order valence-corrected chi connectivity index (χ3v) is 3.88. The van der Waals surface area contributed by atoms with Gasteiger partial charge in [-0.15, -0.1) is 0 Å². The summed E-state index contributed by atoms with van der Waals surface area (Å²) >= 11 is 0. The number of aromatic nitrogens is 1. The highest BCUT2D eigenvalue weighted by Gasteiger charge is 2.15. The number of rotatable bonds is 5. The molecule has 0 aliphatic carbocycles. The van der Waals surface area contributed by atoms with Gasteiger partial charge in [-0.2, -0.15) is 0 Å². The number of nitrogens with one attached hydrogen (secondary N) is 1. The van der Waals surface area contributed by atoms with Gasteiger partial charge in [0, 0.05) is 25.5 Å². The fraction of sp³-hybridized carbons (Fsp3) is 0.100. The van der Waals surface area contributed by atoms with Crippen molar-refractivity contribution in [1.29, 1.82) is 0 Å². The van der Waals surface area contributed by atoms with Crippen LogP contribution in [-0.2, 0) is 6.54 Å². The molecular formula is C20H17F2N3O. The second-order valence-electron chi connectivity index (χ2n) is 5.79. The zero-order valence-corrected chi connectivity index (χ0v) is 14.1. The van der Waals surface area contributed by atoms with Crippen molar-refractivity contribution >= 4 is 17.3 Å². The van der Waals surface area contributed by atoms with Gasteiger partial charge in [-0.25, -0.2) is 8.78 Å². The van der Waals surface area contributed by atoms with Crippen molar-refractivity contribution in [3.05, 3.63) is 89.8 Å². The Kier molecular flexibility index (Phi) is 5.22. The molecule has 0 spiro atoms. The van der Waals surface area contributed by atoms with Crippen LogP contribution in [0.1, 0.15) is 16.1 Å². The number of hydrogen-bond donors (Lipinski definition) is 1. The second-order valence-corrected chi connectivity index (χ2v) is 5.79. The largest absolute Gasteiger partial charge is 0.370 e. The highest BCUT2D eigenvalue weighted by Crippen LogP contribution is 2.20. The van der Waals surface area contributed by atoms with Crippen molar-refractivity contribution in [2.75, 3.05) is 17.3 Å². The average Bonchev–Trinajstić information content (AvgIpc) is 2.65. The van der Waals surface area contributed by atoms with E-state index in [-0.39, 0.29) is 5.69 Å². The molecule has 3 rings (SSSR count). The summed E-state index contributed by atoms with van der Waals surface area (Å²) in [6.45, 7) is 0.647. The van der Waals surface area contributed by atoms with E-state index in [9.17, 15) is 13.6 Å². The molecule has 1 aromatic heterocycles. The van der Waals surface area contributed by atoms with E-state index < -0.39 is 23.2 Å². The van der Waals surface area contributed by atoms with Gasteiger partial charge in [0.25, 0.3) is 5.91 Å². The minimum absolute atomic E-state index is 0.0741. The van der Waals surface area contributed by atoms with E-state index in [2.05, 4.69) is 10.3 Å². The maximum Gasteiger partial charge on any atom is 0.274 e. The smallest absolute Gasteiger partial charge is 0.274 e. The van der Waals surface area contributed by atoms with E-state index in [1.807, 2.05) is 42.3 Å². The highest BCUT2D eigenvalue weighted by atomic mass is 19.1. The topological polar surface area (TPSA) is 45.2 Å².